The summed E-state index contributed by atoms with van der Waals surface area (Å²) in [4.78, 5) is 12.1. The predicted octanol–water partition coefficient (Wildman–Crippen LogP) is 2.57. The van der Waals surface area contributed by atoms with Crippen molar-refractivity contribution >= 4 is 5.97 Å². The Morgan fingerprint density at radius 2 is 0.970 bits per heavy atom. The van der Waals surface area contributed by atoms with Gasteiger partial charge >= 0.3 is 5.97 Å². The molecule has 0 spiro atoms. The summed E-state index contributed by atoms with van der Waals surface area (Å²) in [6.07, 6.45) is 14.9. The van der Waals surface area contributed by atoms with Gasteiger partial charge in [-0.1, -0.05) is 77.6 Å². The molecule has 0 bridgehead atoms. The van der Waals surface area contributed by atoms with Crippen molar-refractivity contribution in [3.05, 3.63) is 0 Å². The number of esters is 1. The van der Waals surface area contributed by atoms with Crippen LogP contribution in [0.5, 0.6) is 0 Å². The summed E-state index contributed by atoms with van der Waals surface area (Å²) >= 11 is 0. The Morgan fingerprint density at radius 1 is 0.576 bits per heavy atom. The van der Waals surface area contributed by atoms with Crippen LogP contribution in [0.25, 0.3) is 0 Å². The minimum atomic E-state index is -1.21. The molecule has 0 amide bonds. The summed E-state index contributed by atoms with van der Waals surface area (Å²) < 4.78 is 10.7. The molecular weight excluding hydrogens is 428 g/mol. The van der Waals surface area contributed by atoms with Crippen LogP contribution in [-0.4, -0.2) is 84.4 Å². The fourth-order valence-corrected chi connectivity index (χ4v) is 3.46. The van der Waals surface area contributed by atoms with E-state index in [0.717, 1.165) is 19.3 Å². The maximum atomic E-state index is 12.1. The average Bonchev–Trinajstić information content (AvgIpc) is 2.85. The van der Waals surface area contributed by atoms with Gasteiger partial charge in [-0.25, -0.2) is 0 Å². The smallest absolute Gasteiger partial charge is 0.305 e. The summed E-state index contributed by atoms with van der Waals surface area (Å²) in [5, 5.41) is 47.4. The quantitative estimate of drug-likeness (QED) is 0.105. The van der Waals surface area contributed by atoms with Crippen molar-refractivity contribution in [2.24, 2.45) is 10.8 Å². The molecule has 0 radical (unpaired) electrons. The zero-order chi connectivity index (χ0) is 24.8. The Bertz CT molecular complexity index is 441. The van der Waals surface area contributed by atoms with Crippen LogP contribution >= 0.6 is 0 Å². The monoisotopic (exact) mass is 478 g/mol. The van der Waals surface area contributed by atoms with Crippen molar-refractivity contribution in [2.75, 3.05) is 52.9 Å². The molecule has 0 saturated heterocycles. The Hall–Kier alpha value is -0.770. The van der Waals surface area contributed by atoms with Gasteiger partial charge in [-0.2, -0.15) is 0 Å². The first-order valence-electron chi connectivity index (χ1n) is 12.7. The molecule has 0 unspecified atom stereocenters. The molecule has 0 rings (SSSR count). The zero-order valence-electron chi connectivity index (χ0n) is 20.8. The second-order valence-electron chi connectivity index (χ2n) is 9.58. The van der Waals surface area contributed by atoms with Crippen molar-refractivity contribution < 1.29 is 39.8 Å². The highest BCUT2D eigenvalue weighted by molar-refractivity contribution is 5.69. The lowest BCUT2D eigenvalue weighted by Gasteiger charge is -2.32. The molecule has 33 heavy (non-hydrogen) atoms. The summed E-state index contributed by atoms with van der Waals surface area (Å²) in [7, 11) is 0. The maximum absolute atomic E-state index is 12.1. The number of carbonyl (C=O) groups excluding carboxylic acids is 1. The molecule has 0 aliphatic carbocycles. The van der Waals surface area contributed by atoms with Crippen LogP contribution in [0.2, 0.25) is 0 Å². The van der Waals surface area contributed by atoms with Gasteiger partial charge in [0.2, 0.25) is 0 Å². The molecule has 198 valence electrons. The first-order valence-corrected chi connectivity index (χ1v) is 12.7. The molecule has 8 heteroatoms. The number of hydrogen-bond donors (Lipinski definition) is 5. The van der Waals surface area contributed by atoms with Crippen LogP contribution in [0, 0.1) is 10.8 Å². The van der Waals surface area contributed by atoms with E-state index in [4.69, 9.17) is 9.47 Å². The van der Waals surface area contributed by atoms with Crippen LogP contribution in [-0.2, 0) is 14.3 Å². The molecule has 0 aromatic heterocycles. The number of aliphatic hydroxyl groups is 5. The molecule has 0 aromatic carbocycles. The van der Waals surface area contributed by atoms with Crippen LogP contribution in [0.4, 0.5) is 0 Å². The third kappa shape index (κ3) is 15.0. The number of ether oxygens (including phenoxy) is 2. The SMILES string of the molecule is CCCCCCCCCCCCCCC(=O)OCC(CO)(CO)COCC(CO)(CO)CO. The number of carbonyl (C=O) groups is 1. The van der Waals surface area contributed by atoms with Gasteiger partial charge in [-0.3, -0.25) is 4.79 Å². The largest absolute Gasteiger partial charge is 0.465 e. The van der Waals surface area contributed by atoms with Crippen molar-refractivity contribution in [2.45, 2.75) is 90.4 Å². The Kier molecular flexibility index (Phi) is 20.1. The highest BCUT2D eigenvalue weighted by Crippen LogP contribution is 2.21. The predicted molar refractivity (Wildman–Crippen MR) is 128 cm³/mol. The first-order chi connectivity index (χ1) is 16.0. The molecule has 5 N–H and O–H groups in total. The minimum Gasteiger partial charge on any atom is -0.465 e. The molecule has 0 aromatic rings. The third-order valence-electron chi connectivity index (χ3n) is 6.27. The van der Waals surface area contributed by atoms with E-state index in [9.17, 15) is 30.3 Å². The average molecular weight is 479 g/mol. The maximum Gasteiger partial charge on any atom is 0.305 e. The van der Waals surface area contributed by atoms with Gasteiger partial charge in [-0.15, -0.1) is 0 Å². The van der Waals surface area contributed by atoms with Gasteiger partial charge in [0.1, 0.15) is 6.61 Å². The van der Waals surface area contributed by atoms with Gasteiger partial charge in [-0.05, 0) is 6.42 Å². The van der Waals surface area contributed by atoms with E-state index < -0.39 is 43.9 Å². The van der Waals surface area contributed by atoms with Crippen molar-refractivity contribution in [3.63, 3.8) is 0 Å². The van der Waals surface area contributed by atoms with Crippen LogP contribution in [0.1, 0.15) is 90.4 Å². The number of aliphatic hydroxyl groups excluding tert-OH is 5. The van der Waals surface area contributed by atoms with Crippen molar-refractivity contribution in [1.82, 2.24) is 0 Å². The van der Waals surface area contributed by atoms with Crippen LogP contribution in [0.3, 0.4) is 0 Å². The summed E-state index contributed by atoms with van der Waals surface area (Å²) in [6.45, 7) is -0.603. The first kappa shape index (κ1) is 32.2. The lowest BCUT2D eigenvalue weighted by molar-refractivity contribution is -0.154. The second-order valence-corrected chi connectivity index (χ2v) is 9.58. The molecule has 0 heterocycles. The van der Waals surface area contributed by atoms with Crippen LogP contribution in [0.15, 0.2) is 0 Å². The molecule has 0 fully saturated rings. The molecule has 0 atom stereocenters. The van der Waals surface area contributed by atoms with Gasteiger partial charge in [0.25, 0.3) is 0 Å². The summed E-state index contributed by atoms with van der Waals surface area (Å²) in [6, 6.07) is 0. The van der Waals surface area contributed by atoms with Crippen molar-refractivity contribution in [1.29, 1.82) is 0 Å². The Balaban J connectivity index is 3.97. The third-order valence-corrected chi connectivity index (χ3v) is 6.27. The Morgan fingerprint density at radius 3 is 1.39 bits per heavy atom. The highest BCUT2D eigenvalue weighted by Gasteiger charge is 2.34. The van der Waals surface area contributed by atoms with E-state index in [1.54, 1.807) is 0 Å². The standard InChI is InChI=1S/C25H50O8/c1-2-3-4-5-6-7-8-9-10-11-12-13-14-23(31)33-22-25(18-29,19-30)21-32-20-24(15-26,16-27)17-28/h26-30H,2-22H2,1H3. The summed E-state index contributed by atoms with van der Waals surface area (Å²) in [5.41, 5.74) is -2.39. The van der Waals surface area contributed by atoms with E-state index in [1.165, 1.54) is 57.8 Å². The van der Waals surface area contributed by atoms with Crippen molar-refractivity contribution in [3.8, 4) is 0 Å². The fourth-order valence-electron chi connectivity index (χ4n) is 3.46. The lowest BCUT2D eigenvalue weighted by Crippen LogP contribution is -2.44. The molecule has 0 aliphatic heterocycles. The topological polar surface area (TPSA) is 137 Å². The fraction of sp³-hybridized carbons (Fsp3) is 0.960. The van der Waals surface area contributed by atoms with Gasteiger partial charge in [0.15, 0.2) is 0 Å². The molecular formula is C25H50O8. The van der Waals surface area contributed by atoms with Gasteiger partial charge < -0.3 is 35.0 Å². The molecule has 8 nitrogen and oxygen atoms in total. The lowest BCUT2D eigenvalue weighted by atomic mass is 9.90. The Labute approximate surface area is 200 Å². The zero-order valence-corrected chi connectivity index (χ0v) is 20.8. The van der Waals surface area contributed by atoms with Crippen LogP contribution < -0.4 is 0 Å². The van der Waals surface area contributed by atoms with Gasteiger partial charge in [0.05, 0.1) is 57.1 Å². The second kappa shape index (κ2) is 20.6. The molecule has 0 saturated carbocycles. The normalized spacial score (nSPS) is 12.3. The highest BCUT2D eigenvalue weighted by atomic mass is 16.5. The number of rotatable bonds is 24. The minimum absolute atomic E-state index is 0.145. The van der Waals surface area contributed by atoms with E-state index in [0.29, 0.717) is 6.42 Å². The van der Waals surface area contributed by atoms with Gasteiger partial charge in [0, 0.05) is 6.42 Å². The molecule has 0 aliphatic rings. The number of hydrogen-bond acceptors (Lipinski definition) is 8. The number of unbranched alkanes of at least 4 members (excludes halogenated alkanes) is 11. The summed E-state index contributed by atoms with van der Waals surface area (Å²) in [5.74, 6) is -0.372. The van der Waals surface area contributed by atoms with E-state index in [-0.39, 0.29) is 25.8 Å². The van der Waals surface area contributed by atoms with E-state index >= 15 is 0 Å². The van der Waals surface area contributed by atoms with E-state index in [1.807, 2.05) is 0 Å². The van der Waals surface area contributed by atoms with E-state index in [2.05, 4.69) is 6.92 Å².